The zero-order valence-electron chi connectivity index (χ0n) is 11.6. The van der Waals surface area contributed by atoms with Crippen molar-refractivity contribution in [3.05, 3.63) is 34.9 Å². The van der Waals surface area contributed by atoms with Gasteiger partial charge in [0.15, 0.2) is 0 Å². The van der Waals surface area contributed by atoms with Crippen LogP contribution in [0.4, 0.5) is 0 Å². The van der Waals surface area contributed by atoms with Crippen LogP contribution < -0.4 is 5.32 Å². The summed E-state index contributed by atoms with van der Waals surface area (Å²) in [5.74, 6) is 1.14. The van der Waals surface area contributed by atoms with Crippen LogP contribution in [0.2, 0.25) is 5.02 Å². The average Bonchev–Trinajstić information content (AvgIpc) is 2.35. The zero-order chi connectivity index (χ0) is 13.4. The summed E-state index contributed by atoms with van der Waals surface area (Å²) in [6, 6.07) is 8.67. The number of halogens is 1. The maximum Gasteiger partial charge on any atom is 0.0438 e. The van der Waals surface area contributed by atoms with Crippen LogP contribution in [0.15, 0.2) is 24.3 Å². The van der Waals surface area contributed by atoms with Gasteiger partial charge in [-0.05, 0) is 36.3 Å². The molecule has 18 heavy (non-hydrogen) atoms. The average molecular weight is 286 g/mol. The lowest BCUT2D eigenvalue weighted by Gasteiger charge is -2.20. The van der Waals surface area contributed by atoms with E-state index in [1.54, 1.807) is 0 Å². The van der Waals surface area contributed by atoms with Gasteiger partial charge in [0.25, 0.3) is 0 Å². The summed E-state index contributed by atoms with van der Waals surface area (Å²) in [4.78, 5) is 0. The second-order valence-corrected chi connectivity index (χ2v) is 6.85. The normalized spacial score (nSPS) is 12.9. The number of nitrogens with one attached hydrogen (secondary N) is 1. The van der Waals surface area contributed by atoms with Gasteiger partial charge < -0.3 is 5.32 Å². The fourth-order valence-electron chi connectivity index (χ4n) is 1.78. The first kappa shape index (κ1) is 15.9. The molecule has 0 saturated carbocycles. The molecule has 1 nitrogen and oxygen atoms in total. The standard InChI is InChI=1S/C15H24ClNS/c1-4-9-17-14(11-18-12(2)3)10-13-7-5-6-8-15(13)16/h5-8,12,14,17H,4,9-11H2,1-3H3. The Labute approximate surface area is 121 Å². The van der Waals surface area contributed by atoms with Crippen LogP contribution >= 0.6 is 23.4 Å². The highest BCUT2D eigenvalue weighted by atomic mass is 35.5. The monoisotopic (exact) mass is 285 g/mol. The van der Waals surface area contributed by atoms with E-state index in [0.717, 1.165) is 23.7 Å². The van der Waals surface area contributed by atoms with Crippen LogP contribution in [0.3, 0.4) is 0 Å². The molecule has 1 atom stereocenters. The van der Waals surface area contributed by atoms with Gasteiger partial charge in [-0.2, -0.15) is 11.8 Å². The van der Waals surface area contributed by atoms with E-state index in [2.05, 4.69) is 38.2 Å². The van der Waals surface area contributed by atoms with Gasteiger partial charge in [0.1, 0.15) is 0 Å². The van der Waals surface area contributed by atoms with Crippen molar-refractivity contribution in [1.29, 1.82) is 0 Å². The van der Waals surface area contributed by atoms with Crippen molar-refractivity contribution < 1.29 is 0 Å². The Balaban J connectivity index is 2.56. The Hall–Kier alpha value is -0.180. The first-order valence-electron chi connectivity index (χ1n) is 6.71. The van der Waals surface area contributed by atoms with Gasteiger partial charge in [0.05, 0.1) is 0 Å². The third-order valence-corrected chi connectivity index (χ3v) is 4.37. The minimum Gasteiger partial charge on any atom is -0.313 e. The summed E-state index contributed by atoms with van der Waals surface area (Å²) in [5, 5.41) is 5.19. The van der Waals surface area contributed by atoms with Crippen molar-refractivity contribution in [2.75, 3.05) is 12.3 Å². The molecular weight excluding hydrogens is 262 g/mol. The van der Waals surface area contributed by atoms with Crippen molar-refractivity contribution in [3.8, 4) is 0 Å². The Morgan fingerprint density at radius 3 is 2.61 bits per heavy atom. The van der Waals surface area contributed by atoms with E-state index in [1.807, 2.05) is 23.9 Å². The van der Waals surface area contributed by atoms with Crippen LogP contribution in [0, 0.1) is 0 Å². The Kier molecular flexibility index (Phi) is 7.80. The summed E-state index contributed by atoms with van der Waals surface area (Å²) >= 11 is 8.24. The van der Waals surface area contributed by atoms with Crippen LogP contribution in [-0.2, 0) is 6.42 Å². The topological polar surface area (TPSA) is 12.0 Å². The molecule has 3 heteroatoms. The molecule has 0 fully saturated rings. The van der Waals surface area contributed by atoms with Crippen molar-refractivity contribution in [2.24, 2.45) is 0 Å². The highest BCUT2D eigenvalue weighted by molar-refractivity contribution is 7.99. The lowest BCUT2D eigenvalue weighted by Crippen LogP contribution is -2.34. The van der Waals surface area contributed by atoms with Gasteiger partial charge in [0, 0.05) is 16.8 Å². The van der Waals surface area contributed by atoms with Gasteiger partial charge in [0.2, 0.25) is 0 Å². The number of thioether (sulfide) groups is 1. The van der Waals surface area contributed by atoms with Gasteiger partial charge >= 0.3 is 0 Å². The van der Waals surface area contributed by atoms with Gasteiger partial charge in [-0.3, -0.25) is 0 Å². The van der Waals surface area contributed by atoms with E-state index < -0.39 is 0 Å². The molecule has 0 aliphatic rings. The number of hydrogen-bond acceptors (Lipinski definition) is 2. The minimum atomic E-state index is 0.511. The molecule has 0 amide bonds. The lowest BCUT2D eigenvalue weighted by atomic mass is 10.1. The Morgan fingerprint density at radius 2 is 2.00 bits per heavy atom. The van der Waals surface area contributed by atoms with Gasteiger partial charge in [-0.1, -0.05) is 50.6 Å². The number of rotatable bonds is 8. The van der Waals surface area contributed by atoms with Crippen LogP contribution in [-0.4, -0.2) is 23.6 Å². The highest BCUT2D eigenvalue weighted by Gasteiger charge is 2.11. The smallest absolute Gasteiger partial charge is 0.0438 e. The van der Waals surface area contributed by atoms with E-state index >= 15 is 0 Å². The first-order chi connectivity index (χ1) is 8.63. The second-order valence-electron chi connectivity index (χ2n) is 4.83. The van der Waals surface area contributed by atoms with E-state index in [4.69, 9.17) is 11.6 Å². The molecule has 0 heterocycles. The minimum absolute atomic E-state index is 0.511. The fraction of sp³-hybridized carbons (Fsp3) is 0.600. The number of hydrogen-bond donors (Lipinski definition) is 1. The van der Waals surface area contributed by atoms with E-state index in [-0.39, 0.29) is 0 Å². The van der Waals surface area contributed by atoms with Crippen molar-refractivity contribution in [1.82, 2.24) is 5.32 Å². The van der Waals surface area contributed by atoms with Crippen molar-refractivity contribution >= 4 is 23.4 Å². The SMILES string of the molecule is CCCNC(CSC(C)C)Cc1ccccc1Cl. The molecule has 0 spiro atoms. The van der Waals surface area contributed by atoms with E-state index in [9.17, 15) is 0 Å². The van der Waals surface area contributed by atoms with Crippen LogP contribution in [0.25, 0.3) is 0 Å². The van der Waals surface area contributed by atoms with E-state index in [0.29, 0.717) is 11.3 Å². The number of benzene rings is 1. The Bertz CT molecular complexity index is 341. The fourth-order valence-corrected chi connectivity index (χ4v) is 2.84. The molecule has 0 aliphatic heterocycles. The predicted molar refractivity (Wildman–Crippen MR) is 84.8 cm³/mol. The molecule has 0 aromatic heterocycles. The maximum atomic E-state index is 6.23. The van der Waals surface area contributed by atoms with Gasteiger partial charge in [-0.15, -0.1) is 0 Å². The van der Waals surface area contributed by atoms with E-state index in [1.165, 1.54) is 12.0 Å². The summed E-state index contributed by atoms with van der Waals surface area (Å²) in [6.45, 7) is 7.77. The molecule has 1 aromatic carbocycles. The molecular formula is C15H24ClNS. The predicted octanol–water partition coefficient (Wildman–Crippen LogP) is 4.39. The largest absolute Gasteiger partial charge is 0.313 e. The van der Waals surface area contributed by atoms with Crippen molar-refractivity contribution in [2.45, 2.75) is 44.9 Å². The highest BCUT2D eigenvalue weighted by Crippen LogP contribution is 2.19. The Morgan fingerprint density at radius 1 is 1.28 bits per heavy atom. The summed E-state index contributed by atoms with van der Waals surface area (Å²) in [6.07, 6.45) is 2.19. The van der Waals surface area contributed by atoms with Crippen molar-refractivity contribution in [3.63, 3.8) is 0 Å². The summed E-state index contributed by atoms with van der Waals surface area (Å²) < 4.78 is 0. The molecule has 0 bridgehead atoms. The third kappa shape index (κ3) is 6.12. The molecule has 102 valence electrons. The molecule has 1 rings (SSSR count). The molecule has 0 radical (unpaired) electrons. The van der Waals surface area contributed by atoms with Crippen LogP contribution in [0.1, 0.15) is 32.8 Å². The van der Waals surface area contributed by atoms with Crippen LogP contribution in [0.5, 0.6) is 0 Å². The molecule has 1 aromatic rings. The molecule has 1 N–H and O–H groups in total. The maximum absolute atomic E-state index is 6.23. The molecule has 1 unspecified atom stereocenters. The zero-order valence-corrected chi connectivity index (χ0v) is 13.2. The summed E-state index contributed by atoms with van der Waals surface area (Å²) in [7, 11) is 0. The third-order valence-electron chi connectivity index (χ3n) is 2.74. The molecule has 0 saturated heterocycles. The summed E-state index contributed by atoms with van der Waals surface area (Å²) in [5.41, 5.74) is 1.25. The quantitative estimate of drug-likeness (QED) is 0.760. The second kappa shape index (κ2) is 8.84. The lowest BCUT2D eigenvalue weighted by molar-refractivity contribution is 0.550. The van der Waals surface area contributed by atoms with Gasteiger partial charge in [-0.25, -0.2) is 0 Å². The molecule has 0 aliphatic carbocycles. The first-order valence-corrected chi connectivity index (χ1v) is 8.14.